The van der Waals surface area contributed by atoms with Gasteiger partial charge in [-0.2, -0.15) is 52.7 Å². The minimum Gasteiger partial charge on any atom is -0.398 e. The number of hydrogen-bond acceptors (Lipinski definition) is 4. The van der Waals surface area contributed by atoms with Crippen LogP contribution in [-0.4, -0.2) is 34.9 Å². The number of aliphatic hydroxyl groups is 2. The van der Waals surface area contributed by atoms with Crippen molar-refractivity contribution in [1.82, 2.24) is 0 Å². The first-order valence-electron chi connectivity index (χ1n) is 9.27. The van der Waals surface area contributed by atoms with Crippen molar-refractivity contribution in [3.05, 3.63) is 47.5 Å². The quantitative estimate of drug-likeness (QED) is 0.188. The third-order valence-corrected chi connectivity index (χ3v) is 5.61. The number of benzene rings is 3. The van der Waals surface area contributed by atoms with Crippen molar-refractivity contribution >= 4 is 32.9 Å². The summed E-state index contributed by atoms with van der Waals surface area (Å²) in [6.45, 7) is 0. The number of nitrogen functional groups attached to an aromatic ring is 2. The van der Waals surface area contributed by atoms with Gasteiger partial charge in [-0.05, 0) is 40.4 Å². The molecule has 6 N–H and O–H groups in total. The number of hydrogen-bond donors (Lipinski definition) is 4. The summed E-state index contributed by atoms with van der Waals surface area (Å²) < 4.78 is 162. The maximum Gasteiger partial charge on any atom is 0.430 e. The summed E-state index contributed by atoms with van der Waals surface area (Å²) in [5.41, 5.74) is -5.89. The second-order valence-corrected chi connectivity index (χ2v) is 7.76. The zero-order chi connectivity index (χ0) is 27.9. The van der Waals surface area contributed by atoms with E-state index in [4.69, 9.17) is 11.5 Å². The molecule has 0 aliphatic heterocycles. The molecule has 198 valence electrons. The van der Waals surface area contributed by atoms with Gasteiger partial charge in [-0.15, -0.1) is 0 Å². The third-order valence-electron chi connectivity index (χ3n) is 5.61. The van der Waals surface area contributed by atoms with Crippen molar-refractivity contribution in [3.63, 3.8) is 0 Å². The summed E-state index contributed by atoms with van der Waals surface area (Å²) >= 11 is 0. The Hall–Kier alpha value is -3.14. The van der Waals surface area contributed by atoms with Gasteiger partial charge in [0.2, 0.25) is 0 Å². The number of fused-ring (bicyclic) bond motifs is 2. The van der Waals surface area contributed by atoms with Crippen LogP contribution < -0.4 is 11.5 Å². The first-order valence-corrected chi connectivity index (χ1v) is 9.27. The molecule has 0 fully saturated rings. The molecule has 3 rings (SSSR count). The van der Waals surface area contributed by atoms with Gasteiger partial charge in [-0.3, -0.25) is 0 Å². The fraction of sp³-hybridized carbons (Fsp3) is 0.300. The maximum absolute atomic E-state index is 13.5. The molecule has 0 aliphatic rings. The van der Waals surface area contributed by atoms with Crippen LogP contribution in [0.4, 0.5) is 64.1 Å². The lowest BCUT2D eigenvalue weighted by molar-refractivity contribution is -0.376. The van der Waals surface area contributed by atoms with Crippen molar-refractivity contribution < 1.29 is 62.9 Å². The molecule has 36 heavy (non-hydrogen) atoms. The van der Waals surface area contributed by atoms with Gasteiger partial charge in [-0.1, -0.05) is 12.1 Å². The average Bonchev–Trinajstić information content (AvgIpc) is 2.68. The maximum atomic E-state index is 13.5. The molecule has 0 heterocycles. The van der Waals surface area contributed by atoms with Gasteiger partial charge in [0.05, 0.1) is 0 Å². The zero-order valence-corrected chi connectivity index (χ0v) is 17.0. The predicted octanol–water partition coefficient (Wildman–Crippen LogP) is 5.78. The topological polar surface area (TPSA) is 92.5 Å². The Morgan fingerprint density at radius 3 is 1.39 bits per heavy atom. The summed E-state index contributed by atoms with van der Waals surface area (Å²) in [5, 5.41) is 15.8. The highest BCUT2D eigenvalue weighted by molar-refractivity contribution is 6.07. The normalized spacial score (nSPS) is 14.6. The van der Waals surface area contributed by atoms with Gasteiger partial charge in [0.1, 0.15) is 0 Å². The van der Waals surface area contributed by atoms with Crippen LogP contribution in [0.5, 0.6) is 0 Å². The van der Waals surface area contributed by atoms with Crippen LogP contribution in [0.25, 0.3) is 21.5 Å². The molecular formula is C20H12F12N2O2. The van der Waals surface area contributed by atoms with E-state index in [1.807, 2.05) is 0 Å². The van der Waals surface area contributed by atoms with E-state index < -0.39 is 80.0 Å². The number of rotatable bonds is 2. The molecule has 0 amide bonds. The molecule has 0 saturated carbocycles. The van der Waals surface area contributed by atoms with Gasteiger partial charge < -0.3 is 21.7 Å². The molecular weight excluding hydrogens is 528 g/mol. The summed E-state index contributed by atoms with van der Waals surface area (Å²) in [7, 11) is 0. The lowest BCUT2D eigenvalue weighted by Gasteiger charge is -2.35. The monoisotopic (exact) mass is 540 g/mol. The van der Waals surface area contributed by atoms with Gasteiger partial charge in [0, 0.05) is 27.9 Å². The van der Waals surface area contributed by atoms with Crippen LogP contribution >= 0.6 is 0 Å². The molecule has 4 nitrogen and oxygen atoms in total. The number of halogens is 12. The summed E-state index contributed by atoms with van der Waals surface area (Å²) in [4.78, 5) is 0. The molecule has 3 aromatic rings. The van der Waals surface area contributed by atoms with E-state index in [1.165, 1.54) is 0 Å². The van der Waals surface area contributed by atoms with Crippen molar-refractivity contribution in [2.75, 3.05) is 11.5 Å². The molecule has 16 heteroatoms. The Morgan fingerprint density at radius 2 is 0.944 bits per heavy atom. The van der Waals surface area contributed by atoms with Crippen molar-refractivity contribution in [1.29, 1.82) is 0 Å². The molecule has 0 aliphatic carbocycles. The van der Waals surface area contributed by atoms with Gasteiger partial charge in [0.25, 0.3) is 11.2 Å². The smallest absolute Gasteiger partial charge is 0.398 e. The van der Waals surface area contributed by atoms with E-state index in [9.17, 15) is 62.9 Å². The van der Waals surface area contributed by atoms with Crippen LogP contribution in [0.15, 0.2) is 36.4 Å². The van der Waals surface area contributed by atoms with Crippen molar-refractivity contribution in [2.24, 2.45) is 0 Å². The molecule has 0 saturated heterocycles. The molecule has 3 aromatic carbocycles. The van der Waals surface area contributed by atoms with E-state index in [1.54, 1.807) is 0 Å². The van der Waals surface area contributed by atoms with Crippen LogP contribution in [0.3, 0.4) is 0 Å². The second-order valence-electron chi connectivity index (χ2n) is 7.76. The molecule has 0 spiro atoms. The van der Waals surface area contributed by atoms with Gasteiger partial charge in [-0.25, -0.2) is 0 Å². The van der Waals surface area contributed by atoms with Gasteiger partial charge >= 0.3 is 24.7 Å². The first kappa shape index (κ1) is 27.4. The van der Waals surface area contributed by atoms with Crippen LogP contribution in [0.1, 0.15) is 11.1 Å². The fourth-order valence-corrected chi connectivity index (χ4v) is 3.83. The Balaban J connectivity index is 2.58. The fourth-order valence-electron chi connectivity index (χ4n) is 3.83. The summed E-state index contributed by atoms with van der Waals surface area (Å²) in [6.07, 6.45) is -25.5. The molecule has 0 aromatic heterocycles. The lowest BCUT2D eigenvalue weighted by Crippen LogP contribution is -2.54. The van der Waals surface area contributed by atoms with Crippen molar-refractivity contribution in [2.45, 2.75) is 35.9 Å². The molecule has 0 unspecified atom stereocenters. The Labute approximate surface area is 191 Å². The number of alkyl halides is 12. The van der Waals surface area contributed by atoms with Crippen LogP contribution in [0, 0.1) is 0 Å². The lowest BCUT2D eigenvalue weighted by atomic mass is 9.83. The minimum atomic E-state index is -6.41. The minimum absolute atomic E-state index is 0.171. The zero-order valence-electron chi connectivity index (χ0n) is 17.0. The van der Waals surface area contributed by atoms with Crippen LogP contribution in [-0.2, 0) is 11.2 Å². The third kappa shape index (κ3) is 3.65. The van der Waals surface area contributed by atoms with Crippen molar-refractivity contribution in [3.8, 4) is 0 Å². The Morgan fingerprint density at radius 1 is 0.500 bits per heavy atom. The summed E-state index contributed by atoms with van der Waals surface area (Å²) in [5.74, 6) is 0. The summed E-state index contributed by atoms with van der Waals surface area (Å²) in [6, 6.07) is 2.45. The number of anilines is 2. The average molecular weight is 540 g/mol. The standard InChI is InChI=1S/C20H12F12N2O2/c21-17(22,23)15(35,18(24,25)26)11-2-4-12(33)10-6-8-7(5-9(10)11)1-3-13(34)14(8)16(36,19(27,28)29)20(30,31)32/h1-6,35-36H,33-34H2. The predicted molar refractivity (Wildman–Crippen MR) is 102 cm³/mol. The SMILES string of the molecule is Nc1ccc2cc3c(C(O)(C(F)(F)F)C(F)(F)F)ccc(N)c3cc2c1C(O)(C(F)(F)F)C(F)(F)F. The Bertz CT molecular complexity index is 1310. The van der Waals surface area contributed by atoms with Crippen LogP contribution in [0.2, 0.25) is 0 Å². The highest BCUT2D eigenvalue weighted by atomic mass is 19.4. The molecule has 0 bridgehead atoms. The highest BCUT2D eigenvalue weighted by Crippen LogP contribution is 2.55. The first-order chi connectivity index (χ1) is 16.0. The molecule has 0 atom stereocenters. The largest absolute Gasteiger partial charge is 0.430 e. The van der Waals surface area contributed by atoms with E-state index >= 15 is 0 Å². The number of nitrogens with two attached hydrogens (primary N) is 2. The van der Waals surface area contributed by atoms with Gasteiger partial charge in [0.15, 0.2) is 0 Å². The second kappa shape index (κ2) is 7.68. The Kier molecular flexibility index (Phi) is 5.85. The van der Waals surface area contributed by atoms with E-state index in [2.05, 4.69) is 0 Å². The van der Waals surface area contributed by atoms with E-state index in [0.29, 0.717) is 30.3 Å². The molecule has 0 radical (unpaired) electrons. The van der Waals surface area contributed by atoms with E-state index in [-0.39, 0.29) is 6.07 Å². The van der Waals surface area contributed by atoms with E-state index in [0.717, 1.165) is 0 Å². The highest BCUT2D eigenvalue weighted by Gasteiger charge is 2.73.